The minimum absolute atomic E-state index is 0.164. The van der Waals surface area contributed by atoms with Gasteiger partial charge in [0.05, 0.1) is 11.7 Å². The van der Waals surface area contributed by atoms with Gasteiger partial charge in [-0.3, -0.25) is 4.79 Å². The van der Waals surface area contributed by atoms with Gasteiger partial charge in [-0.2, -0.15) is 0 Å². The first kappa shape index (κ1) is 17.2. The van der Waals surface area contributed by atoms with Gasteiger partial charge >= 0.3 is 0 Å². The molecule has 1 aromatic rings. The second kappa shape index (κ2) is 8.49. The van der Waals surface area contributed by atoms with Crippen LogP contribution < -0.4 is 10.6 Å². The van der Waals surface area contributed by atoms with Crippen molar-refractivity contribution in [1.29, 1.82) is 0 Å². The van der Waals surface area contributed by atoms with Crippen molar-refractivity contribution < 1.29 is 14.5 Å². The van der Waals surface area contributed by atoms with Crippen LogP contribution in [0.15, 0.2) is 18.2 Å². The zero-order valence-corrected chi connectivity index (χ0v) is 13.8. The number of hydrogen-bond donors (Lipinski definition) is 2. The molecule has 3 N–H and O–H groups in total. The maximum Gasteiger partial charge on any atom is 0.282 e. The summed E-state index contributed by atoms with van der Waals surface area (Å²) in [7, 11) is 0. The highest BCUT2D eigenvalue weighted by Crippen LogP contribution is 2.19. The van der Waals surface area contributed by atoms with E-state index in [-0.39, 0.29) is 17.6 Å². The largest absolute Gasteiger partial charge is 0.334 e. The molecule has 0 spiro atoms. The molecule has 122 valence electrons. The fourth-order valence-corrected chi connectivity index (χ4v) is 3.17. The molecule has 0 aromatic heterocycles. The van der Waals surface area contributed by atoms with Crippen molar-refractivity contribution in [2.45, 2.75) is 64.0 Å². The fourth-order valence-electron chi connectivity index (χ4n) is 3.01. The maximum atomic E-state index is 13.7. The molecule has 1 aliphatic carbocycles. The van der Waals surface area contributed by atoms with E-state index in [4.69, 9.17) is 11.6 Å². The van der Waals surface area contributed by atoms with Crippen LogP contribution in [-0.4, -0.2) is 18.0 Å². The summed E-state index contributed by atoms with van der Waals surface area (Å²) in [5.41, 5.74) is 0.187. The third kappa shape index (κ3) is 5.25. The van der Waals surface area contributed by atoms with Crippen LogP contribution in [0.5, 0.6) is 0 Å². The minimum Gasteiger partial charge on any atom is -0.334 e. The summed E-state index contributed by atoms with van der Waals surface area (Å²) >= 11 is 5.71. The van der Waals surface area contributed by atoms with E-state index in [0.29, 0.717) is 11.1 Å². The van der Waals surface area contributed by atoms with Gasteiger partial charge in [-0.15, -0.1) is 0 Å². The Morgan fingerprint density at radius 1 is 1.27 bits per heavy atom. The van der Waals surface area contributed by atoms with Crippen molar-refractivity contribution in [3.05, 3.63) is 29.0 Å². The second-order valence-corrected chi connectivity index (χ2v) is 6.64. The molecule has 0 saturated heterocycles. The number of anilines is 1. The van der Waals surface area contributed by atoms with E-state index in [1.54, 1.807) is 6.07 Å². The molecule has 1 fully saturated rings. The fraction of sp³-hybridized carbons (Fsp3) is 0.588. The second-order valence-electron chi connectivity index (χ2n) is 6.20. The van der Waals surface area contributed by atoms with Crippen molar-refractivity contribution in [1.82, 2.24) is 0 Å². The molecule has 22 heavy (non-hydrogen) atoms. The van der Waals surface area contributed by atoms with Gasteiger partial charge in [0, 0.05) is 5.02 Å². The maximum absolute atomic E-state index is 13.7. The van der Waals surface area contributed by atoms with Crippen molar-refractivity contribution in [3.63, 3.8) is 0 Å². The van der Waals surface area contributed by atoms with E-state index in [0.717, 1.165) is 12.8 Å². The Balaban J connectivity index is 1.88. The van der Waals surface area contributed by atoms with Crippen LogP contribution in [0, 0.1) is 5.82 Å². The lowest BCUT2D eigenvalue weighted by Crippen LogP contribution is -2.96. The van der Waals surface area contributed by atoms with Gasteiger partial charge in [0.25, 0.3) is 5.91 Å². The quantitative estimate of drug-likeness (QED) is 0.873. The van der Waals surface area contributed by atoms with Gasteiger partial charge < -0.3 is 10.6 Å². The molecule has 0 heterocycles. The summed E-state index contributed by atoms with van der Waals surface area (Å²) in [5.74, 6) is -0.665. The van der Waals surface area contributed by atoms with Gasteiger partial charge in [-0.1, -0.05) is 30.9 Å². The van der Waals surface area contributed by atoms with Crippen molar-refractivity contribution in [2.75, 3.05) is 5.32 Å². The lowest BCUT2D eigenvalue weighted by molar-refractivity contribution is -0.707. The van der Waals surface area contributed by atoms with Gasteiger partial charge in [0.2, 0.25) is 0 Å². The van der Waals surface area contributed by atoms with E-state index in [1.165, 1.54) is 44.2 Å². The Bertz CT molecular complexity index is 501. The van der Waals surface area contributed by atoms with Crippen LogP contribution in [0.4, 0.5) is 10.1 Å². The highest BCUT2D eigenvalue weighted by molar-refractivity contribution is 6.30. The van der Waals surface area contributed by atoms with E-state index in [2.05, 4.69) is 10.6 Å². The van der Waals surface area contributed by atoms with Crippen LogP contribution in [0.25, 0.3) is 0 Å². The summed E-state index contributed by atoms with van der Waals surface area (Å²) in [6, 6.07) is 4.55. The highest BCUT2D eigenvalue weighted by Gasteiger charge is 2.23. The number of carbonyl (C=O) groups is 1. The molecule has 1 aliphatic rings. The summed E-state index contributed by atoms with van der Waals surface area (Å²) in [6.07, 6.45) is 8.71. The Kier molecular flexibility index (Phi) is 6.65. The van der Waals surface area contributed by atoms with E-state index in [1.807, 2.05) is 6.92 Å². The first-order valence-electron chi connectivity index (χ1n) is 8.17. The first-order chi connectivity index (χ1) is 10.6. The lowest BCUT2D eigenvalue weighted by Gasteiger charge is -2.21. The SMILES string of the molecule is C[C@H]([NH2+]C1CCCCCCC1)C(=O)Nc1ccc(Cl)cc1F. The Morgan fingerprint density at radius 2 is 1.91 bits per heavy atom. The minimum atomic E-state index is -0.501. The molecular formula is C17H25ClFN2O+. The molecule has 0 aliphatic heterocycles. The number of rotatable bonds is 4. The normalized spacial score (nSPS) is 18.3. The Morgan fingerprint density at radius 3 is 2.55 bits per heavy atom. The first-order valence-corrected chi connectivity index (χ1v) is 8.55. The average molecular weight is 328 g/mol. The summed E-state index contributed by atoms with van der Waals surface area (Å²) in [6.45, 7) is 1.88. The molecule has 1 aromatic carbocycles. The number of quaternary nitrogens is 1. The standard InChI is InChI=1S/C17H24ClFN2O/c1-12(20-14-7-5-3-2-4-6-8-14)17(22)21-16-10-9-13(18)11-15(16)19/h9-12,14,20H,2-8H2,1H3,(H,21,22)/p+1/t12-/m0/s1. The zero-order valence-electron chi connectivity index (χ0n) is 13.1. The zero-order chi connectivity index (χ0) is 15.9. The van der Waals surface area contributed by atoms with E-state index < -0.39 is 5.82 Å². The van der Waals surface area contributed by atoms with Crippen molar-refractivity contribution >= 4 is 23.2 Å². The van der Waals surface area contributed by atoms with Gasteiger partial charge in [0.15, 0.2) is 6.04 Å². The predicted molar refractivity (Wildman–Crippen MR) is 87.5 cm³/mol. The van der Waals surface area contributed by atoms with Crippen molar-refractivity contribution in [3.8, 4) is 0 Å². The lowest BCUT2D eigenvalue weighted by atomic mass is 9.96. The third-order valence-electron chi connectivity index (χ3n) is 4.31. The number of halogens is 2. The number of nitrogens with two attached hydrogens (primary N) is 1. The smallest absolute Gasteiger partial charge is 0.282 e. The van der Waals surface area contributed by atoms with Crippen LogP contribution in [0.3, 0.4) is 0 Å². The molecule has 5 heteroatoms. The topological polar surface area (TPSA) is 45.7 Å². The number of nitrogens with one attached hydrogen (secondary N) is 1. The number of amides is 1. The summed E-state index contributed by atoms with van der Waals surface area (Å²) in [4.78, 5) is 12.2. The molecule has 1 atom stereocenters. The highest BCUT2D eigenvalue weighted by atomic mass is 35.5. The van der Waals surface area contributed by atoms with Crippen molar-refractivity contribution in [2.24, 2.45) is 0 Å². The molecular weight excluding hydrogens is 303 g/mol. The molecule has 3 nitrogen and oxygen atoms in total. The van der Waals surface area contributed by atoms with Gasteiger partial charge in [-0.05, 0) is 50.8 Å². The Hall–Kier alpha value is -1.13. The van der Waals surface area contributed by atoms with Crippen LogP contribution in [-0.2, 0) is 4.79 Å². The molecule has 1 amide bonds. The van der Waals surface area contributed by atoms with E-state index >= 15 is 0 Å². The molecule has 2 rings (SSSR count). The molecule has 0 radical (unpaired) electrons. The Labute approximate surface area is 136 Å². The monoisotopic (exact) mass is 327 g/mol. The van der Waals surface area contributed by atoms with Crippen LogP contribution >= 0.6 is 11.6 Å². The summed E-state index contributed by atoms with van der Waals surface area (Å²) in [5, 5.41) is 5.11. The number of hydrogen-bond acceptors (Lipinski definition) is 1. The van der Waals surface area contributed by atoms with Gasteiger partial charge in [-0.25, -0.2) is 4.39 Å². The average Bonchev–Trinajstić information content (AvgIpc) is 2.44. The van der Waals surface area contributed by atoms with Crippen LogP contribution in [0.2, 0.25) is 5.02 Å². The molecule has 0 unspecified atom stereocenters. The predicted octanol–water partition coefficient (Wildman–Crippen LogP) is 3.48. The van der Waals surface area contributed by atoms with Crippen LogP contribution in [0.1, 0.15) is 51.9 Å². The number of benzene rings is 1. The van der Waals surface area contributed by atoms with Gasteiger partial charge in [0.1, 0.15) is 5.82 Å². The molecule has 1 saturated carbocycles. The number of carbonyl (C=O) groups excluding carboxylic acids is 1. The third-order valence-corrected chi connectivity index (χ3v) is 4.55. The summed E-state index contributed by atoms with van der Waals surface area (Å²) < 4.78 is 13.7. The van der Waals surface area contributed by atoms with E-state index in [9.17, 15) is 9.18 Å². The molecule has 0 bridgehead atoms.